The number of nitrogens with one attached hydrogen (secondary N) is 2. The lowest BCUT2D eigenvalue weighted by atomic mass is 9.85. The van der Waals surface area contributed by atoms with E-state index >= 15 is 0 Å². The monoisotopic (exact) mass is 553 g/mol. The molecular formula is C22H28IN5O4. The molecular weight excluding hydrogens is 525 g/mol. The number of carbonyl (C=O) groups excluding carboxylic acids is 2. The van der Waals surface area contributed by atoms with Crippen LogP contribution < -0.4 is 10.6 Å². The second kappa shape index (κ2) is 10.4. The number of fused-ring (bicyclic) bond motifs is 5. The lowest BCUT2D eigenvalue weighted by Gasteiger charge is -2.18. The number of guanidine groups is 1. The van der Waals surface area contributed by atoms with Crippen molar-refractivity contribution in [3.8, 4) is 0 Å². The van der Waals surface area contributed by atoms with Gasteiger partial charge in [-0.15, -0.1) is 24.0 Å². The van der Waals surface area contributed by atoms with Gasteiger partial charge in [-0.05, 0) is 31.6 Å². The number of hydrogen-bond donors (Lipinski definition) is 2. The average molecular weight is 553 g/mol. The van der Waals surface area contributed by atoms with Gasteiger partial charge in [0.15, 0.2) is 5.96 Å². The number of hydrogen-bond acceptors (Lipinski definition) is 5. The molecule has 1 aromatic rings. The van der Waals surface area contributed by atoms with Crippen LogP contribution in [0.15, 0.2) is 41.4 Å². The Kier molecular flexibility index (Phi) is 7.86. The zero-order valence-corrected chi connectivity index (χ0v) is 20.2. The van der Waals surface area contributed by atoms with Crippen LogP contribution in [-0.4, -0.2) is 47.2 Å². The minimum Gasteiger partial charge on any atom is -0.357 e. The number of para-hydroxylation sites is 1. The Morgan fingerprint density at radius 3 is 2.44 bits per heavy atom. The normalized spacial score (nSPS) is 25.7. The van der Waals surface area contributed by atoms with Crippen molar-refractivity contribution in [2.45, 2.75) is 26.3 Å². The van der Waals surface area contributed by atoms with E-state index in [9.17, 15) is 19.7 Å². The van der Waals surface area contributed by atoms with E-state index in [1.54, 1.807) is 18.2 Å². The van der Waals surface area contributed by atoms with Crippen LogP contribution in [0.2, 0.25) is 0 Å². The van der Waals surface area contributed by atoms with Gasteiger partial charge < -0.3 is 10.6 Å². The fourth-order valence-corrected chi connectivity index (χ4v) is 4.96. The predicted molar refractivity (Wildman–Crippen MR) is 130 cm³/mol. The summed E-state index contributed by atoms with van der Waals surface area (Å²) in [5.41, 5.74) is 0.579. The van der Waals surface area contributed by atoms with Gasteiger partial charge in [0.25, 0.3) is 5.69 Å². The van der Waals surface area contributed by atoms with Crippen LogP contribution in [0.25, 0.3) is 0 Å². The van der Waals surface area contributed by atoms with Gasteiger partial charge in [-0.2, -0.15) is 0 Å². The fourth-order valence-electron chi connectivity index (χ4n) is 4.96. The fraction of sp³-hybridized carbons (Fsp3) is 0.500. The number of rotatable bonds is 8. The number of benzene rings is 1. The predicted octanol–water partition coefficient (Wildman–Crippen LogP) is 2.47. The van der Waals surface area contributed by atoms with Crippen molar-refractivity contribution < 1.29 is 14.5 Å². The van der Waals surface area contributed by atoms with Crippen LogP contribution in [0, 0.1) is 33.8 Å². The van der Waals surface area contributed by atoms with E-state index in [0.29, 0.717) is 37.6 Å². The van der Waals surface area contributed by atoms with Crippen molar-refractivity contribution in [2.24, 2.45) is 28.7 Å². The summed E-state index contributed by atoms with van der Waals surface area (Å²) in [5, 5.41) is 17.5. The molecule has 0 aromatic heterocycles. The lowest BCUT2D eigenvalue weighted by Crippen LogP contribution is -2.40. The number of carbonyl (C=O) groups is 2. The summed E-state index contributed by atoms with van der Waals surface area (Å²) in [4.78, 5) is 42.1. The molecule has 0 radical (unpaired) electrons. The molecule has 172 valence electrons. The van der Waals surface area contributed by atoms with Gasteiger partial charge in [0.05, 0.1) is 28.9 Å². The molecule has 4 rings (SSSR count). The van der Waals surface area contributed by atoms with E-state index in [1.807, 2.05) is 6.92 Å². The highest BCUT2D eigenvalue weighted by Crippen LogP contribution is 2.52. The SMILES string of the molecule is CCNC(=NCc1ccccc1[N+](=O)[O-])NCCCN1C(=O)C2C3C=CC(C3)C2C1=O.I. The van der Waals surface area contributed by atoms with Crippen LogP contribution in [-0.2, 0) is 16.1 Å². The number of imide groups is 1. The molecule has 9 nitrogen and oxygen atoms in total. The smallest absolute Gasteiger partial charge is 0.274 e. The van der Waals surface area contributed by atoms with Gasteiger partial charge in [-0.25, -0.2) is 4.99 Å². The average Bonchev–Trinajstić information content (AvgIpc) is 3.44. The molecule has 2 amide bonds. The van der Waals surface area contributed by atoms with Crippen molar-refractivity contribution in [3.05, 3.63) is 52.1 Å². The standard InChI is InChI=1S/C22H27N5O4.HI/c1-2-23-22(25-13-16-6-3-4-7-17(16)27(30)31)24-10-5-11-26-20(28)18-14-8-9-15(12-14)19(18)21(26)29;/h3-4,6-9,14-15,18-19H,2,5,10-13H2,1H3,(H2,23,24,25);1H. The first-order valence-corrected chi connectivity index (χ1v) is 10.8. The molecule has 1 aliphatic heterocycles. The van der Waals surface area contributed by atoms with E-state index < -0.39 is 4.92 Å². The van der Waals surface area contributed by atoms with Gasteiger partial charge >= 0.3 is 0 Å². The maximum absolute atomic E-state index is 12.7. The number of likely N-dealkylation sites (tertiary alicyclic amines) is 1. The number of halogens is 1. The number of amides is 2. The van der Waals surface area contributed by atoms with Crippen LogP contribution in [0.4, 0.5) is 5.69 Å². The van der Waals surface area contributed by atoms with E-state index in [1.165, 1.54) is 11.0 Å². The highest BCUT2D eigenvalue weighted by atomic mass is 127. The number of allylic oxidation sites excluding steroid dienone is 2. The minimum atomic E-state index is -0.410. The van der Waals surface area contributed by atoms with E-state index in [0.717, 1.165) is 6.42 Å². The summed E-state index contributed by atoms with van der Waals surface area (Å²) in [6, 6.07) is 6.53. The Morgan fingerprint density at radius 1 is 1.16 bits per heavy atom. The summed E-state index contributed by atoms with van der Waals surface area (Å²) in [7, 11) is 0. The van der Waals surface area contributed by atoms with Gasteiger partial charge in [-0.1, -0.05) is 30.4 Å². The van der Waals surface area contributed by atoms with Crippen molar-refractivity contribution in [3.63, 3.8) is 0 Å². The van der Waals surface area contributed by atoms with E-state index in [4.69, 9.17) is 0 Å². The molecule has 1 heterocycles. The van der Waals surface area contributed by atoms with E-state index in [2.05, 4.69) is 27.8 Å². The maximum Gasteiger partial charge on any atom is 0.274 e. The number of nitro groups is 1. The molecule has 2 fully saturated rings. The Bertz CT molecular complexity index is 920. The third-order valence-corrected chi connectivity index (χ3v) is 6.35. The second-order valence-electron chi connectivity index (χ2n) is 8.19. The van der Waals surface area contributed by atoms with Gasteiger partial charge in [0, 0.05) is 25.7 Å². The third-order valence-electron chi connectivity index (χ3n) is 6.35. The molecule has 1 saturated carbocycles. The zero-order chi connectivity index (χ0) is 22.0. The van der Waals surface area contributed by atoms with Crippen molar-refractivity contribution in [2.75, 3.05) is 19.6 Å². The van der Waals surface area contributed by atoms with Crippen LogP contribution in [0.3, 0.4) is 0 Å². The lowest BCUT2D eigenvalue weighted by molar-refractivity contribution is -0.385. The summed E-state index contributed by atoms with van der Waals surface area (Å²) in [6.45, 7) is 3.67. The minimum absolute atomic E-state index is 0. The van der Waals surface area contributed by atoms with Crippen LogP contribution in [0.1, 0.15) is 25.3 Å². The van der Waals surface area contributed by atoms with Gasteiger partial charge in [-0.3, -0.25) is 24.6 Å². The molecule has 10 heteroatoms. The second-order valence-corrected chi connectivity index (χ2v) is 8.19. The Labute approximate surface area is 203 Å². The first kappa shape index (κ1) is 24.1. The Balaban J connectivity index is 0.00000289. The van der Waals surface area contributed by atoms with E-state index in [-0.39, 0.29) is 71.7 Å². The summed E-state index contributed by atoms with van der Waals surface area (Å²) < 4.78 is 0. The third kappa shape index (κ3) is 4.64. The first-order chi connectivity index (χ1) is 15.0. The summed E-state index contributed by atoms with van der Waals surface area (Å²) >= 11 is 0. The first-order valence-electron chi connectivity index (χ1n) is 10.8. The molecule has 0 spiro atoms. The zero-order valence-electron chi connectivity index (χ0n) is 17.9. The van der Waals surface area contributed by atoms with Crippen molar-refractivity contribution in [1.29, 1.82) is 0 Å². The molecule has 3 aliphatic rings. The summed E-state index contributed by atoms with van der Waals surface area (Å²) in [5.74, 6) is 0.631. The number of nitro benzene ring substituents is 1. The van der Waals surface area contributed by atoms with Gasteiger partial charge in [0.2, 0.25) is 11.8 Å². The topological polar surface area (TPSA) is 117 Å². The maximum atomic E-state index is 12.7. The van der Waals surface area contributed by atoms with Crippen molar-refractivity contribution in [1.82, 2.24) is 15.5 Å². The molecule has 1 aromatic carbocycles. The van der Waals surface area contributed by atoms with Crippen LogP contribution >= 0.6 is 24.0 Å². The molecule has 1 saturated heterocycles. The largest absolute Gasteiger partial charge is 0.357 e. The molecule has 4 unspecified atom stereocenters. The highest BCUT2D eigenvalue weighted by molar-refractivity contribution is 14.0. The number of aliphatic imine (C=N–C) groups is 1. The Hall–Kier alpha value is -2.50. The molecule has 2 aliphatic carbocycles. The quantitative estimate of drug-likeness (QED) is 0.0747. The van der Waals surface area contributed by atoms with Crippen molar-refractivity contribution >= 4 is 47.4 Å². The highest BCUT2D eigenvalue weighted by Gasteiger charge is 2.58. The molecule has 4 atom stereocenters. The van der Waals surface area contributed by atoms with Gasteiger partial charge in [0.1, 0.15) is 0 Å². The Morgan fingerprint density at radius 2 is 1.81 bits per heavy atom. The molecule has 2 N–H and O–H groups in total. The summed E-state index contributed by atoms with van der Waals surface area (Å²) in [6.07, 6.45) is 5.73. The molecule has 32 heavy (non-hydrogen) atoms. The molecule has 2 bridgehead atoms. The van der Waals surface area contributed by atoms with Crippen LogP contribution in [0.5, 0.6) is 0 Å². The number of nitrogens with zero attached hydrogens (tertiary/aromatic N) is 3.